The Morgan fingerprint density at radius 1 is 1.40 bits per heavy atom. The fourth-order valence-corrected chi connectivity index (χ4v) is 2.73. The van der Waals surface area contributed by atoms with Crippen molar-refractivity contribution in [1.29, 1.82) is 0 Å². The summed E-state index contributed by atoms with van der Waals surface area (Å²) in [5, 5.41) is 12.7. The second kappa shape index (κ2) is 6.85. The fraction of sp³-hybridized carbons (Fsp3) is 0.357. The van der Waals surface area contributed by atoms with Crippen molar-refractivity contribution in [2.75, 3.05) is 23.9 Å². The Labute approximate surface area is 120 Å². The Hall–Kier alpha value is -1.40. The van der Waals surface area contributed by atoms with Crippen LogP contribution >= 0.6 is 11.8 Å². The Bertz CT molecular complexity index is 589. The molecular weight excluding hydrogens is 282 g/mol. The Balaban J connectivity index is 2.38. The molecule has 1 atom stereocenters. The second-order valence-corrected chi connectivity index (χ2v) is 5.36. The lowest BCUT2D eigenvalue weighted by Crippen LogP contribution is -2.23. The number of aliphatic hydroxyl groups is 1. The van der Waals surface area contributed by atoms with Gasteiger partial charge in [0.05, 0.1) is 0 Å². The molecule has 0 saturated carbocycles. The maximum absolute atomic E-state index is 13.7. The van der Waals surface area contributed by atoms with Crippen molar-refractivity contribution in [3.8, 4) is 0 Å². The molecule has 2 rings (SSSR count). The van der Waals surface area contributed by atoms with Crippen LogP contribution in [-0.2, 0) is 0 Å². The van der Waals surface area contributed by atoms with Crippen LogP contribution in [0.2, 0.25) is 0 Å². The molecule has 0 unspecified atom stereocenters. The van der Waals surface area contributed by atoms with Gasteiger partial charge in [-0.3, -0.25) is 4.98 Å². The number of halogens is 2. The number of fused-ring (bicyclic) bond motifs is 1. The first-order valence-electron chi connectivity index (χ1n) is 6.25. The van der Waals surface area contributed by atoms with Gasteiger partial charge in [0.1, 0.15) is 11.3 Å². The normalized spacial score (nSPS) is 12.6. The van der Waals surface area contributed by atoms with E-state index in [1.165, 1.54) is 12.3 Å². The summed E-state index contributed by atoms with van der Waals surface area (Å²) < 4.78 is 27.1. The molecule has 1 aromatic heterocycles. The fourth-order valence-electron chi connectivity index (χ4n) is 2.08. The molecule has 0 spiro atoms. The SMILES string of the molecule is CSC[C@H](CCO)Nc1ccnc2c(F)cc(F)cc12. The minimum absolute atomic E-state index is 0.0342. The van der Waals surface area contributed by atoms with Gasteiger partial charge >= 0.3 is 0 Å². The zero-order valence-electron chi connectivity index (χ0n) is 11.1. The van der Waals surface area contributed by atoms with E-state index >= 15 is 0 Å². The van der Waals surface area contributed by atoms with E-state index in [9.17, 15) is 8.78 Å². The van der Waals surface area contributed by atoms with Crippen molar-refractivity contribution in [3.63, 3.8) is 0 Å². The highest BCUT2D eigenvalue weighted by molar-refractivity contribution is 7.98. The van der Waals surface area contributed by atoms with Gasteiger partial charge in [0.25, 0.3) is 0 Å². The first-order chi connectivity index (χ1) is 9.65. The van der Waals surface area contributed by atoms with Crippen LogP contribution in [0.3, 0.4) is 0 Å². The highest BCUT2D eigenvalue weighted by Crippen LogP contribution is 2.26. The van der Waals surface area contributed by atoms with Crippen LogP contribution in [0, 0.1) is 11.6 Å². The van der Waals surface area contributed by atoms with Crippen LogP contribution in [0.25, 0.3) is 10.9 Å². The van der Waals surface area contributed by atoms with Crippen LogP contribution in [-0.4, -0.2) is 34.7 Å². The Morgan fingerprint density at radius 2 is 2.20 bits per heavy atom. The molecule has 0 bridgehead atoms. The van der Waals surface area contributed by atoms with Crippen molar-refractivity contribution in [3.05, 3.63) is 36.0 Å². The molecule has 0 fully saturated rings. The summed E-state index contributed by atoms with van der Waals surface area (Å²) in [5.74, 6) is -0.510. The molecule has 2 aromatic rings. The van der Waals surface area contributed by atoms with E-state index in [2.05, 4.69) is 10.3 Å². The summed E-state index contributed by atoms with van der Waals surface area (Å²) >= 11 is 1.64. The van der Waals surface area contributed by atoms with E-state index in [1.807, 2.05) is 6.26 Å². The molecule has 0 aliphatic rings. The minimum atomic E-state index is -0.674. The van der Waals surface area contributed by atoms with Gasteiger partial charge in [-0.15, -0.1) is 0 Å². The van der Waals surface area contributed by atoms with Crippen molar-refractivity contribution in [1.82, 2.24) is 4.98 Å². The molecule has 6 heteroatoms. The summed E-state index contributed by atoms with van der Waals surface area (Å²) in [6.45, 7) is 0.0595. The monoisotopic (exact) mass is 298 g/mol. The van der Waals surface area contributed by atoms with Gasteiger partial charge in [-0.05, 0) is 24.8 Å². The van der Waals surface area contributed by atoms with E-state index in [4.69, 9.17) is 5.11 Å². The topological polar surface area (TPSA) is 45.1 Å². The summed E-state index contributed by atoms with van der Waals surface area (Å²) in [6, 6.07) is 3.81. The quantitative estimate of drug-likeness (QED) is 0.860. The predicted octanol–water partition coefficient (Wildman–Crippen LogP) is 3.04. The maximum atomic E-state index is 13.7. The van der Waals surface area contributed by atoms with Gasteiger partial charge in [0.2, 0.25) is 0 Å². The zero-order valence-corrected chi connectivity index (χ0v) is 11.9. The summed E-state index contributed by atoms with van der Waals surface area (Å²) in [4.78, 5) is 3.95. The van der Waals surface area contributed by atoms with Crippen molar-refractivity contribution in [2.24, 2.45) is 0 Å². The Morgan fingerprint density at radius 3 is 2.90 bits per heavy atom. The van der Waals surface area contributed by atoms with Gasteiger partial charge in [0, 0.05) is 41.7 Å². The lowest BCUT2D eigenvalue weighted by Gasteiger charge is -2.19. The lowest BCUT2D eigenvalue weighted by molar-refractivity contribution is 0.282. The number of aliphatic hydroxyl groups excluding tert-OH is 1. The van der Waals surface area contributed by atoms with Gasteiger partial charge < -0.3 is 10.4 Å². The minimum Gasteiger partial charge on any atom is -0.396 e. The van der Waals surface area contributed by atoms with E-state index < -0.39 is 11.6 Å². The number of aromatic nitrogens is 1. The van der Waals surface area contributed by atoms with Gasteiger partial charge in [0.15, 0.2) is 5.82 Å². The van der Waals surface area contributed by atoms with Crippen LogP contribution in [0.5, 0.6) is 0 Å². The molecule has 0 aliphatic heterocycles. The number of nitrogens with zero attached hydrogens (tertiary/aromatic N) is 1. The number of pyridine rings is 1. The van der Waals surface area contributed by atoms with E-state index in [0.29, 0.717) is 17.5 Å². The molecule has 20 heavy (non-hydrogen) atoms. The molecule has 2 N–H and O–H groups in total. The first-order valence-corrected chi connectivity index (χ1v) is 7.65. The molecule has 0 aliphatic carbocycles. The number of thioether (sulfide) groups is 1. The molecule has 1 heterocycles. The molecule has 0 saturated heterocycles. The molecule has 0 amide bonds. The second-order valence-electron chi connectivity index (χ2n) is 4.45. The van der Waals surface area contributed by atoms with Gasteiger partial charge in [-0.2, -0.15) is 11.8 Å². The highest BCUT2D eigenvalue weighted by Gasteiger charge is 2.12. The van der Waals surface area contributed by atoms with E-state index in [1.54, 1.807) is 17.8 Å². The summed E-state index contributed by atoms with van der Waals surface area (Å²) in [5.41, 5.74) is 0.768. The maximum Gasteiger partial charge on any atom is 0.152 e. The molecular formula is C14H16F2N2OS. The van der Waals surface area contributed by atoms with Crippen LogP contribution in [0.1, 0.15) is 6.42 Å². The number of benzene rings is 1. The Kier molecular flexibility index (Phi) is 5.14. The van der Waals surface area contributed by atoms with Crippen molar-refractivity contribution >= 4 is 28.4 Å². The van der Waals surface area contributed by atoms with Crippen LogP contribution in [0.4, 0.5) is 14.5 Å². The van der Waals surface area contributed by atoms with Crippen molar-refractivity contribution < 1.29 is 13.9 Å². The summed E-state index contributed by atoms with van der Waals surface area (Å²) in [6.07, 6.45) is 4.03. The van der Waals surface area contributed by atoms with Crippen LogP contribution in [0.15, 0.2) is 24.4 Å². The third-order valence-electron chi connectivity index (χ3n) is 2.97. The number of rotatable bonds is 6. The number of nitrogens with one attached hydrogen (secondary N) is 1. The number of anilines is 1. The number of hydrogen-bond acceptors (Lipinski definition) is 4. The zero-order chi connectivity index (χ0) is 14.5. The third-order valence-corrected chi connectivity index (χ3v) is 3.70. The standard InChI is InChI=1S/C14H16F2N2OS/c1-20-8-10(3-5-19)18-13-2-4-17-14-11(13)6-9(15)7-12(14)16/h2,4,6-7,10,19H,3,5,8H2,1H3,(H,17,18)/t10-/m0/s1. The van der Waals surface area contributed by atoms with Gasteiger partial charge in [-0.25, -0.2) is 8.78 Å². The summed E-state index contributed by atoms with van der Waals surface area (Å²) in [7, 11) is 0. The molecule has 1 aromatic carbocycles. The average Bonchev–Trinajstić information content (AvgIpc) is 2.40. The average molecular weight is 298 g/mol. The number of hydrogen-bond donors (Lipinski definition) is 2. The largest absolute Gasteiger partial charge is 0.396 e. The molecule has 108 valence electrons. The van der Waals surface area contributed by atoms with Crippen molar-refractivity contribution in [2.45, 2.75) is 12.5 Å². The molecule has 0 radical (unpaired) electrons. The van der Waals surface area contributed by atoms with E-state index in [-0.39, 0.29) is 18.2 Å². The van der Waals surface area contributed by atoms with Gasteiger partial charge in [-0.1, -0.05) is 0 Å². The van der Waals surface area contributed by atoms with Crippen LogP contribution < -0.4 is 5.32 Å². The highest BCUT2D eigenvalue weighted by atomic mass is 32.2. The lowest BCUT2D eigenvalue weighted by atomic mass is 10.1. The smallest absolute Gasteiger partial charge is 0.152 e. The molecule has 3 nitrogen and oxygen atoms in total. The van der Waals surface area contributed by atoms with E-state index in [0.717, 1.165) is 11.8 Å². The third kappa shape index (κ3) is 3.37. The predicted molar refractivity (Wildman–Crippen MR) is 79.2 cm³/mol. The first kappa shape index (κ1) is 15.0.